The fourth-order valence-electron chi connectivity index (χ4n) is 3.39. The molecule has 0 atom stereocenters. The average Bonchev–Trinajstić information content (AvgIpc) is 2.71. The minimum atomic E-state index is -1.03. The van der Waals surface area contributed by atoms with Gasteiger partial charge in [-0.15, -0.1) is 0 Å². The van der Waals surface area contributed by atoms with Crippen molar-refractivity contribution >= 4 is 29.3 Å². The maximum atomic E-state index is 14.0. The normalized spacial score (nSPS) is 18.9. The van der Waals surface area contributed by atoms with Crippen LogP contribution in [0.1, 0.15) is 36.0 Å². The third-order valence-electron chi connectivity index (χ3n) is 5.11. The summed E-state index contributed by atoms with van der Waals surface area (Å²) >= 11 is 5.54. The highest BCUT2D eigenvalue weighted by Crippen LogP contribution is 2.26. The number of carbonyl (C=O) groups excluding carboxylic acids is 1. The van der Waals surface area contributed by atoms with Crippen LogP contribution in [0.3, 0.4) is 0 Å². The second kappa shape index (κ2) is 9.35. The van der Waals surface area contributed by atoms with E-state index in [0.717, 1.165) is 43.6 Å². The maximum Gasteiger partial charge on any atom is 0.254 e. The van der Waals surface area contributed by atoms with Crippen molar-refractivity contribution in [3.63, 3.8) is 0 Å². The van der Waals surface area contributed by atoms with Crippen LogP contribution in [-0.4, -0.2) is 42.6 Å². The van der Waals surface area contributed by atoms with Crippen LogP contribution in [-0.2, 0) is 0 Å². The van der Waals surface area contributed by atoms with Crippen molar-refractivity contribution in [2.45, 2.75) is 31.7 Å². The lowest BCUT2D eigenvalue weighted by molar-refractivity contribution is 0.0939. The number of carbonyl (C=O) groups is 1. The fourth-order valence-corrected chi connectivity index (χ4v) is 3.56. The monoisotopic (exact) mass is 423 g/mol. The van der Waals surface area contributed by atoms with Gasteiger partial charge in [0.2, 0.25) is 5.95 Å². The Kier molecular flexibility index (Phi) is 6.84. The van der Waals surface area contributed by atoms with Gasteiger partial charge in [-0.1, -0.05) is 11.6 Å². The minimum Gasteiger partial charge on any atom is -0.363 e. The third kappa shape index (κ3) is 5.32. The van der Waals surface area contributed by atoms with Gasteiger partial charge in [0.1, 0.15) is 16.7 Å². The van der Waals surface area contributed by atoms with Gasteiger partial charge in [0, 0.05) is 32.9 Å². The van der Waals surface area contributed by atoms with E-state index in [1.165, 1.54) is 0 Å². The van der Waals surface area contributed by atoms with E-state index in [-0.39, 0.29) is 11.6 Å². The van der Waals surface area contributed by atoms with Crippen LogP contribution < -0.4 is 15.5 Å². The summed E-state index contributed by atoms with van der Waals surface area (Å²) in [4.78, 5) is 22.9. The van der Waals surface area contributed by atoms with Gasteiger partial charge in [0.25, 0.3) is 5.91 Å². The van der Waals surface area contributed by atoms with E-state index in [0.29, 0.717) is 18.4 Å². The third-order valence-corrected chi connectivity index (χ3v) is 5.46. The van der Waals surface area contributed by atoms with E-state index in [2.05, 4.69) is 20.6 Å². The molecule has 6 nitrogen and oxygen atoms in total. The van der Waals surface area contributed by atoms with Gasteiger partial charge in [-0.25, -0.2) is 13.8 Å². The Morgan fingerprint density at radius 2 is 1.93 bits per heavy atom. The zero-order valence-corrected chi connectivity index (χ0v) is 17.1. The molecule has 1 saturated carbocycles. The molecule has 29 heavy (non-hydrogen) atoms. The number of benzene rings is 1. The molecule has 1 amide bonds. The predicted molar refractivity (Wildman–Crippen MR) is 109 cm³/mol. The first-order valence-electron chi connectivity index (χ1n) is 9.53. The lowest BCUT2D eigenvalue weighted by Crippen LogP contribution is -2.34. The number of rotatable bonds is 6. The molecule has 1 fully saturated rings. The number of halogens is 3. The number of amides is 1. The molecule has 1 aromatic heterocycles. The standard InChI is InChI=1S/C20H24ClF2N5O/c1-28(2)16-9-10-24-20(27-16)26-13-5-3-12(4-6-13)11-25-19(29)14-7-8-15(22)17(21)18(14)23/h7-10,12-13H,3-6,11H2,1-2H3,(H,25,29)(H,24,26,27)/t12-,13+. The van der Waals surface area contributed by atoms with Crippen LogP contribution >= 0.6 is 11.6 Å². The van der Waals surface area contributed by atoms with Crippen molar-refractivity contribution in [2.24, 2.45) is 5.92 Å². The second-order valence-electron chi connectivity index (χ2n) is 7.43. The van der Waals surface area contributed by atoms with Gasteiger partial charge in [-0.2, -0.15) is 4.98 Å². The van der Waals surface area contributed by atoms with Crippen molar-refractivity contribution < 1.29 is 13.6 Å². The molecule has 1 aliphatic carbocycles. The zero-order valence-electron chi connectivity index (χ0n) is 16.4. The van der Waals surface area contributed by atoms with Gasteiger partial charge in [-0.05, 0) is 49.8 Å². The van der Waals surface area contributed by atoms with Crippen LogP contribution in [0.15, 0.2) is 24.4 Å². The second-order valence-corrected chi connectivity index (χ2v) is 7.81. The number of anilines is 2. The van der Waals surface area contributed by atoms with Crippen LogP contribution in [0.25, 0.3) is 0 Å². The first-order valence-corrected chi connectivity index (χ1v) is 9.91. The molecular formula is C20H24ClF2N5O. The van der Waals surface area contributed by atoms with E-state index < -0.39 is 22.6 Å². The summed E-state index contributed by atoms with van der Waals surface area (Å²) in [6, 6.07) is 4.22. The molecule has 0 radical (unpaired) electrons. The molecule has 156 valence electrons. The molecule has 2 aromatic rings. The molecule has 0 spiro atoms. The van der Waals surface area contributed by atoms with Crippen molar-refractivity contribution in [2.75, 3.05) is 30.9 Å². The van der Waals surface area contributed by atoms with Crippen molar-refractivity contribution in [1.29, 1.82) is 0 Å². The van der Waals surface area contributed by atoms with Crippen LogP contribution in [0.2, 0.25) is 5.02 Å². The average molecular weight is 424 g/mol. The molecule has 9 heteroatoms. The summed E-state index contributed by atoms with van der Waals surface area (Å²) in [7, 11) is 3.86. The SMILES string of the molecule is CN(C)c1ccnc(N[C@H]2CC[C@@H](CNC(=O)c3ccc(F)c(Cl)c3F)CC2)n1. The predicted octanol–water partition coefficient (Wildman–Crippen LogP) is 3.87. The summed E-state index contributed by atoms with van der Waals surface area (Å²) in [5.41, 5.74) is -0.246. The molecule has 1 aromatic carbocycles. The first kappa shape index (κ1) is 21.2. The number of hydrogen-bond acceptors (Lipinski definition) is 5. The van der Waals surface area contributed by atoms with Crippen molar-refractivity contribution in [3.05, 3.63) is 46.6 Å². The molecule has 1 heterocycles. The lowest BCUT2D eigenvalue weighted by Gasteiger charge is -2.29. The molecular weight excluding hydrogens is 400 g/mol. The smallest absolute Gasteiger partial charge is 0.254 e. The molecule has 2 N–H and O–H groups in total. The Bertz CT molecular complexity index is 872. The Balaban J connectivity index is 1.47. The maximum absolute atomic E-state index is 14.0. The Morgan fingerprint density at radius 1 is 1.21 bits per heavy atom. The highest BCUT2D eigenvalue weighted by atomic mass is 35.5. The van der Waals surface area contributed by atoms with Gasteiger partial charge >= 0.3 is 0 Å². The van der Waals surface area contributed by atoms with Crippen molar-refractivity contribution in [3.8, 4) is 0 Å². The number of nitrogens with one attached hydrogen (secondary N) is 2. The Hall–Kier alpha value is -2.48. The van der Waals surface area contributed by atoms with Gasteiger partial charge in [-0.3, -0.25) is 4.79 Å². The first-order chi connectivity index (χ1) is 13.8. The van der Waals surface area contributed by atoms with E-state index in [1.54, 1.807) is 6.20 Å². The zero-order chi connectivity index (χ0) is 21.0. The molecule has 0 bridgehead atoms. The number of nitrogens with zero attached hydrogens (tertiary/aromatic N) is 3. The largest absolute Gasteiger partial charge is 0.363 e. The summed E-state index contributed by atoms with van der Waals surface area (Å²) in [5, 5.41) is 5.44. The molecule has 3 rings (SSSR count). The van der Waals surface area contributed by atoms with Gasteiger partial charge < -0.3 is 15.5 Å². The fraction of sp³-hybridized carbons (Fsp3) is 0.450. The van der Waals surface area contributed by atoms with Crippen molar-refractivity contribution in [1.82, 2.24) is 15.3 Å². The van der Waals surface area contributed by atoms with Crippen LogP contribution in [0, 0.1) is 17.6 Å². The van der Waals surface area contributed by atoms with E-state index in [9.17, 15) is 13.6 Å². The lowest BCUT2D eigenvalue weighted by atomic mass is 9.86. The van der Waals surface area contributed by atoms with Gasteiger partial charge in [0.05, 0.1) is 5.56 Å². The Morgan fingerprint density at radius 3 is 2.62 bits per heavy atom. The summed E-state index contributed by atoms with van der Waals surface area (Å²) in [5.74, 6) is -0.754. The molecule has 0 unspecified atom stereocenters. The minimum absolute atomic E-state index is 0.246. The molecule has 1 aliphatic rings. The van der Waals surface area contributed by atoms with Gasteiger partial charge in [0.15, 0.2) is 5.82 Å². The Labute approximate surface area is 173 Å². The van der Waals surface area contributed by atoms with E-state index >= 15 is 0 Å². The number of aromatic nitrogens is 2. The molecule has 0 aliphatic heterocycles. The highest BCUT2D eigenvalue weighted by molar-refractivity contribution is 6.31. The van der Waals surface area contributed by atoms with E-state index in [4.69, 9.17) is 11.6 Å². The number of hydrogen-bond donors (Lipinski definition) is 2. The quantitative estimate of drug-likeness (QED) is 0.690. The summed E-state index contributed by atoms with van der Waals surface area (Å²) < 4.78 is 27.2. The summed E-state index contributed by atoms with van der Waals surface area (Å²) in [6.45, 7) is 0.437. The topological polar surface area (TPSA) is 70.2 Å². The molecule has 0 saturated heterocycles. The highest BCUT2D eigenvalue weighted by Gasteiger charge is 2.23. The van der Waals surface area contributed by atoms with Crippen LogP contribution in [0.5, 0.6) is 0 Å². The van der Waals surface area contributed by atoms with Crippen LogP contribution in [0.4, 0.5) is 20.5 Å². The summed E-state index contributed by atoms with van der Waals surface area (Å²) in [6.07, 6.45) is 5.41. The van der Waals surface area contributed by atoms with E-state index in [1.807, 2.05) is 25.1 Å².